The van der Waals surface area contributed by atoms with Crippen molar-refractivity contribution < 1.29 is 0 Å². The molecule has 1 aromatic carbocycles. The first-order chi connectivity index (χ1) is 5.27. The van der Waals surface area contributed by atoms with Gasteiger partial charge in [0.25, 0.3) is 11.1 Å². The van der Waals surface area contributed by atoms with Crippen LogP contribution in [-0.2, 0) is 0 Å². The zero-order chi connectivity index (χ0) is 7.84. The molecule has 11 heavy (non-hydrogen) atoms. The quantitative estimate of drug-likeness (QED) is 0.583. The molecule has 54 valence electrons. The maximum Gasteiger partial charge on any atom is 0.258 e. The molecule has 0 unspecified atom stereocenters. The van der Waals surface area contributed by atoms with Gasteiger partial charge in [0.2, 0.25) is 0 Å². The summed E-state index contributed by atoms with van der Waals surface area (Å²) in [6.07, 6.45) is 0. The average molecular weight is 147 g/mol. The van der Waals surface area contributed by atoms with Gasteiger partial charge in [-0.05, 0) is 24.3 Å². The van der Waals surface area contributed by atoms with Crippen molar-refractivity contribution in [3.05, 3.63) is 45.0 Å². The fourth-order valence-electron chi connectivity index (χ4n) is 1.02. The molecule has 3 heteroatoms. The minimum Gasteiger partial charge on any atom is -0.288 e. The molecule has 2 heterocycles. The van der Waals surface area contributed by atoms with Gasteiger partial charge in [0.05, 0.1) is 0 Å². The van der Waals surface area contributed by atoms with Crippen molar-refractivity contribution in [3.8, 4) is 0 Å². The van der Waals surface area contributed by atoms with E-state index in [1.807, 2.05) is 0 Å². The Balaban J connectivity index is 3.27. The van der Waals surface area contributed by atoms with Gasteiger partial charge in [0.1, 0.15) is 0 Å². The molecule has 0 aliphatic rings. The number of H-pyrrole nitrogens is 1. The second kappa shape index (κ2) is 1.92. The van der Waals surface area contributed by atoms with Gasteiger partial charge < -0.3 is 0 Å². The summed E-state index contributed by atoms with van der Waals surface area (Å²) in [5, 5.41) is 1.05. The first-order valence-corrected chi connectivity index (χ1v) is 3.23. The van der Waals surface area contributed by atoms with Crippen molar-refractivity contribution in [2.24, 2.45) is 0 Å². The van der Waals surface area contributed by atoms with E-state index in [0.29, 0.717) is 10.8 Å². The molecule has 1 N–H and O–H groups in total. The van der Waals surface area contributed by atoms with Crippen LogP contribution in [0.2, 0.25) is 0 Å². The van der Waals surface area contributed by atoms with Gasteiger partial charge in [-0.1, -0.05) is 0 Å². The highest BCUT2D eigenvalue weighted by Gasteiger charge is 1.95. The number of rotatable bonds is 0. The summed E-state index contributed by atoms with van der Waals surface area (Å²) in [6.45, 7) is 0. The zero-order valence-electron chi connectivity index (χ0n) is 5.63. The van der Waals surface area contributed by atoms with Crippen molar-refractivity contribution in [1.82, 2.24) is 4.98 Å². The number of nitrogens with one attached hydrogen (secondary N) is 1. The van der Waals surface area contributed by atoms with Crippen molar-refractivity contribution in [2.45, 2.75) is 0 Å². The molecule has 0 saturated carbocycles. The second-order valence-corrected chi connectivity index (χ2v) is 2.36. The number of benzene rings is 1. The molecule has 0 amide bonds. The van der Waals surface area contributed by atoms with Crippen LogP contribution in [0, 0.1) is 0 Å². The summed E-state index contributed by atoms with van der Waals surface area (Å²) in [6, 6.07) is 6.54. The van der Waals surface area contributed by atoms with E-state index in [-0.39, 0.29) is 11.1 Å². The molecule has 0 saturated heterocycles. The predicted molar refractivity (Wildman–Crippen MR) is 42.0 cm³/mol. The van der Waals surface area contributed by atoms with Crippen LogP contribution in [0.5, 0.6) is 0 Å². The Labute approximate surface area is 61.6 Å². The maximum atomic E-state index is 11.0. The van der Waals surface area contributed by atoms with E-state index in [1.54, 1.807) is 24.3 Å². The minimum atomic E-state index is -0.324. The predicted octanol–water partition coefficient (Wildman–Crippen LogP) is 0.326. The fourth-order valence-corrected chi connectivity index (χ4v) is 1.02. The molecule has 2 bridgehead atoms. The van der Waals surface area contributed by atoms with Crippen LogP contribution in [0.25, 0.3) is 10.8 Å². The van der Waals surface area contributed by atoms with Crippen LogP contribution >= 0.6 is 0 Å². The maximum absolute atomic E-state index is 11.0. The lowest BCUT2D eigenvalue weighted by atomic mass is 10.2. The van der Waals surface area contributed by atoms with Gasteiger partial charge in [-0.25, -0.2) is 0 Å². The van der Waals surface area contributed by atoms with Gasteiger partial charge in [0.15, 0.2) is 0 Å². The molecule has 3 nitrogen and oxygen atoms in total. The number of fused-ring (bicyclic) bond motifs is 4. The van der Waals surface area contributed by atoms with E-state index in [2.05, 4.69) is 4.98 Å². The van der Waals surface area contributed by atoms with Crippen LogP contribution in [-0.4, -0.2) is 4.98 Å². The SMILES string of the molecule is O=c1[nH]c(=O)c2ccc1cc2. The third-order valence-corrected chi connectivity index (χ3v) is 1.64. The molecule has 0 aliphatic heterocycles. The normalized spacial score (nSPS) is 10.5. The van der Waals surface area contributed by atoms with Gasteiger partial charge in [-0.2, -0.15) is 0 Å². The Kier molecular flexibility index (Phi) is 1.06. The number of aromatic amines is 1. The minimum absolute atomic E-state index is 0.324. The summed E-state index contributed by atoms with van der Waals surface area (Å²) in [5.41, 5.74) is -0.648. The van der Waals surface area contributed by atoms with Crippen LogP contribution in [0.4, 0.5) is 0 Å². The van der Waals surface area contributed by atoms with E-state index in [4.69, 9.17) is 0 Å². The fraction of sp³-hybridized carbons (Fsp3) is 0. The van der Waals surface area contributed by atoms with Crippen molar-refractivity contribution in [1.29, 1.82) is 0 Å². The largest absolute Gasteiger partial charge is 0.288 e. The van der Waals surface area contributed by atoms with Crippen molar-refractivity contribution in [2.75, 3.05) is 0 Å². The van der Waals surface area contributed by atoms with E-state index in [0.717, 1.165) is 0 Å². The molecule has 0 fully saturated rings. The summed E-state index contributed by atoms with van der Waals surface area (Å²) in [5.74, 6) is 0. The third kappa shape index (κ3) is 0.816. The average Bonchev–Trinajstić information content (AvgIpc) is 2.22. The first kappa shape index (κ1) is 6.09. The number of aromatic nitrogens is 1. The lowest BCUT2D eigenvalue weighted by molar-refractivity contribution is 1.24. The van der Waals surface area contributed by atoms with Crippen LogP contribution < -0.4 is 11.1 Å². The molecule has 2 aromatic heterocycles. The Hall–Kier alpha value is -1.64. The Bertz CT molecular complexity index is 422. The highest BCUT2D eigenvalue weighted by molar-refractivity contribution is 5.62. The second-order valence-electron chi connectivity index (χ2n) is 2.36. The van der Waals surface area contributed by atoms with Gasteiger partial charge in [-0.3, -0.25) is 14.6 Å². The van der Waals surface area contributed by atoms with E-state index in [9.17, 15) is 9.59 Å². The summed E-state index contributed by atoms with van der Waals surface area (Å²) in [7, 11) is 0. The van der Waals surface area contributed by atoms with Crippen LogP contribution in [0.3, 0.4) is 0 Å². The van der Waals surface area contributed by atoms with Crippen molar-refractivity contribution in [3.63, 3.8) is 0 Å². The smallest absolute Gasteiger partial charge is 0.258 e. The highest BCUT2D eigenvalue weighted by Crippen LogP contribution is 1.98. The zero-order valence-corrected chi connectivity index (χ0v) is 5.63. The molecule has 0 atom stereocenters. The third-order valence-electron chi connectivity index (χ3n) is 1.64. The first-order valence-electron chi connectivity index (χ1n) is 3.23. The molecule has 3 aromatic rings. The lowest BCUT2D eigenvalue weighted by Gasteiger charge is -1.79. The lowest BCUT2D eigenvalue weighted by Crippen LogP contribution is -2.12. The van der Waals surface area contributed by atoms with Crippen molar-refractivity contribution >= 4 is 10.8 Å². The summed E-state index contributed by atoms with van der Waals surface area (Å²) < 4.78 is 0. The molecule has 0 radical (unpaired) electrons. The highest BCUT2D eigenvalue weighted by atomic mass is 16.2. The molecular formula is C8H5NO2. The van der Waals surface area contributed by atoms with Gasteiger partial charge in [-0.15, -0.1) is 0 Å². The summed E-state index contributed by atoms with van der Waals surface area (Å²) >= 11 is 0. The summed E-state index contributed by atoms with van der Waals surface area (Å²) in [4.78, 5) is 24.2. The van der Waals surface area contributed by atoms with Crippen LogP contribution in [0.1, 0.15) is 0 Å². The molecule has 0 aliphatic carbocycles. The van der Waals surface area contributed by atoms with E-state index >= 15 is 0 Å². The molecule has 0 spiro atoms. The van der Waals surface area contributed by atoms with E-state index in [1.165, 1.54) is 0 Å². The number of hydrogen-bond donors (Lipinski definition) is 1. The topological polar surface area (TPSA) is 49.9 Å². The van der Waals surface area contributed by atoms with Gasteiger partial charge >= 0.3 is 0 Å². The monoisotopic (exact) mass is 147 g/mol. The number of hydrogen-bond acceptors (Lipinski definition) is 2. The standard InChI is InChI=1S/C8H5NO2/c10-7-5-1-2-6(4-3-5)8(11)9-7/h1-4H,(H,9,10,11). The van der Waals surface area contributed by atoms with E-state index < -0.39 is 0 Å². The molecular weight excluding hydrogens is 142 g/mol. The Morgan fingerprint density at radius 1 is 0.818 bits per heavy atom. The Morgan fingerprint density at radius 2 is 1.18 bits per heavy atom. The van der Waals surface area contributed by atoms with Gasteiger partial charge in [0, 0.05) is 10.8 Å². The Morgan fingerprint density at radius 3 is 1.55 bits per heavy atom. The molecule has 3 rings (SSSR count). The van der Waals surface area contributed by atoms with Crippen LogP contribution in [0.15, 0.2) is 33.9 Å².